The number of hydrogen-bond donors (Lipinski definition) is 1. The summed E-state index contributed by atoms with van der Waals surface area (Å²) < 4.78 is 51.9. The number of carbonyl (C=O) groups excluding carboxylic acids is 1. The van der Waals surface area contributed by atoms with Crippen LogP contribution in [0, 0.1) is 0 Å². The minimum atomic E-state index is -4.34. The molecule has 0 unspecified atom stereocenters. The van der Waals surface area contributed by atoms with Gasteiger partial charge >= 0.3 is 6.18 Å². The zero-order chi connectivity index (χ0) is 20.7. The van der Waals surface area contributed by atoms with Gasteiger partial charge in [0.15, 0.2) is 0 Å². The largest absolute Gasteiger partial charge is 0.495 e. The molecule has 1 amide bonds. The molecule has 0 fully saturated rings. The fourth-order valence-electron chi connectivity index (χ4n) is 2.32. The number of alkyl halides is 3. The Balaban J connectivity index is 1.94. The fraction of sp³-hybridized carbons (Fsp3) is 0.316. The average molecular weight is 462 g/mol. The summed E-state index contributed by atoms with van der Waals surface area (Å²) in [5.74, 6) is 0.613. The molecule has 1 N–H and O–H groups in total. The lowest BCUT2D eigenvalue weighted by molar-refractivity contribution is -0.176. The van der Waals surface area contributed by atoms with Crippen molar-refractivity contribution in [3.05, 3.63) is 57.6 Å². The Hall–Kier alpha value is -2.26. The van der Waals surface area contributed by atoms with Crippen molar-refractivity contribution >= 4 is 21.8 Å². The van der Waals surface area contributed by atoms with Crippen LogP contribution < -0.4 is 14.8 Å². The molecular formula is C19H19BrF3NO4. The first kappa shape index (κ1) is 22.0. The highest BCUT2D eigenvalue weighted by molar-refractivity contribution is 9.10. The van der Waals surface area contributed by atoms with E-state index in [0.29, 0.717) is 27.1 Å². The quantitative estimate of drug-likeness (QED) is 0.629. The molecule has 0 saturated heterocycles. The summed E-state index contributed by atoms with van der Waals surface area (Å²) in [7, 11) is 2.97. The molecule has 0 aromatic heterocycles. The van der Waals surface area contributed by atoms with Crippen LogP contribution in [0.5, 0.6) is 11.5 Å². The SMILES string of the molecule is COc1cc(C(=O)NCc2ccc(COCC(F)(F)F)cc2)cc(OC)c1Br. The molecule has 0 spiro atoms. The highest BCUT2D eigenvalue weighted by Crippen LogP contribution is 2.35. The van der Waals surface area contributed by atoms with Crippen LogP contribution in [0.15, 0.2) is 40.9 Å². The second-order valence-corrected chi connectivity index (χ2v) is 6.59. The smallest absolute Gasteiger partial charge is 0.411 e. The lowest BCUT2D eigenvalue weighted by Gasteiger charge is -2.12. The van der Waals surface area contributed by atoms with Crippen molar-refractivity contribution in [2.45, 2.75) is 19.3 Å². The van der Waals surface area contributed by atoms with Gasteiger partial charge in [-0.2, -0.15) is 13.2 Å². The molecule has 0 aliphatic carbocycles. The van der Waals surface area contributed by atoms with E-state index in [-0.39, 0.29) is 19.1 Å². The number of nitrogens with one attached hydrogen (secondary N) is 1. The minimum absolute atomic E-state index is 0.134. The molecule has 152 valence electrons. The Kier molecular flexibility index (Phi) is 7.70. The molecule has 0 heterocycles. The molecule has 2 aromatic carbocycles. The van der Waals surface area contributed by atoms with Crippen molar-refractivity contribution in [2.24, 2.45) is 0 Å². The monoisotopic (exact) mass is 461 g/mol. The van der Waals surface area contributed by atoms with Crippen LogP contribution in [0.2, 0.25) is 0 Å². The molecule has 0 saturated carbocycles. The Morgan fingerprint density at radius 1 is 1.04 bits per heavy atom. The summed E-state index contributed by atoms with van der Waals surface area (Å²) in [4.78, 5) is 12.4. The van der Waals surface area contributed by atoms with Crippen LogP contribution in [-0.2, 0) is 17.9 Å². The fourth-order valence-corrected chi connectivity index (χ4v) is 2.88. The molecule has 0 atom stereocenters. The van der Waals surface area contributed by atoms with Gasteiger partial charge in [0.1, 0.15) is 22.6 Å². The van der Waals surface area contributed by atoms with E-state index in [0.717, 1.165) is 5.56 Å². The van der Waals surface area contributed by atoms with Crippen molar-refractivity contribution in [2.75, 3.05) is 20.8 Å². The molecule has 2 aromatic rings. The highest BCUT2D eigenvalue weighted by atomic mass is 79.9. The second kappa shape index (κ2) is 9.79. The van der Waals surface area contributed by atoms with Gasteiger partial charge in [0.25, 0.3) is 5.91 Å². The van der Waals surface area contributed by atoms with Crippen LogP contribution in [0.4, 0.5) is 13.2 Å². The number of methoxy groups -OCH3 is 2. The van der Waals surface area contributed by atoms with Gasteiger partial charge in [-0.25, -0.2) is 0 Å². The third kappa shape index (κ3) is 6.42. The van der Waals surface area contributed by atoms with E-state index in [9.17, 15) is 18.0 Å². The van der Waals surface area contributed by atoms with Crippen molar-refractivity contribution in [3.8, 4) is 11.5 Å². The normalized spacial score (nSPS) is 11.2. The average Bonchev–Trinajstić information content (AvgIpc) is 2.66. The zero-order valence-corrected chi connectivity index (χ0v) is 16.8. The third-order valence-electron chi connectivity index (χ3n) is 3.72. The van der Waals surface area contributed by atoms with Gasteiger partial charge in [-0.15, -0.1) is 0 Å². The van der Waals surface area contributed by atoms with Gasteiger partial charge in [-0.1, -0.05) is 24.3 Å². The molecule has 0 bridgehead atoms. The van der Waals surface area contributed by atoms with Crippen LogP contribution in [0.25, 0.3) is 0 Å². The lowest BCUT2D eigenvalue weighted by Crippen LogP contribution is -2.23. The first-order valence-corrected chi connectivity index (χ1v) is 8.95. The molecule has 0 aliphatic rings. The molecule has 28 heavy (non-hydrogen) atoms. The summed E-state index contributed by atoms with van der Waals surface area (Å²) in [6.07, 6.45) is -4.34. The van der Waals surface area contributed by atoms with Gasteiger partial charge in [-0.05, 0) is 39.2 Å². The Bertz CT molecular complexity index is 785. The number of carbonyl (C=O) groups is 1. The van der Waals surface area contributed by atoms with E-state index >= 15 is 0 Å². The predicted octanol–water partition coefficient (Wildman–Crippen LogP) is 4.48. The lowest BCUT2D eigenvalue weighted by atomic mass is 10.1. The van der Waals surface area contributed by atoms with Crippen LogP contribution in [0.3, 0.4) is 0 Å². The van der Waals surface area contributed by atoms with Crippen molar-refractivity contribution < 1.29 is 32.2 Å². The Morgan fingerprint density at radius 2 is 1.57 bits per heavy atom. The number of halogens is 4. The van der Waals surface area contributed by atoms with E-state index in [4.69, 9.17) is 9.47 Å². The Morgan fingerprint density at radius 3 is 2.07 bits per heavy atom. The standard InChI is InChI=1S/C19H19BrF3NO4/c1-26-15-7-14(8-16(27-2)17(15)20)18(25)24-9-12-3-5-13(6-4-12)10-28-11-19(21,22)23/h3-8H,9-11H2,1-2H3,(H,24,25). The highest BCUT2D eigenvalue weighted by Gasteiger charge is 2.27. The summed E-state index contributed by atoms with van der Waals surface area (Å²) in [6.45, 7) is -1.17. The summed E-state index contributed by atoms with van der Waals surface area (Å²) >= 11 is 3.34. The second-order valence-electron chi connectivity index (χ2n) is 5.80. The van der Waals surface area contributed by atoms with Crippen molar-refractivity contribution in [1.29, 1.82) is 0 Å². The summed E-state index contributed by atoms with van der Waals surface area (Å²) in [6, 6.07) is 9.92. The first-order chi connectivity index (χ1) is 13.2. The summed E-state index contributed by atoms with van der Waals surface area (Å²) in [5.41, 5.74) is 1.78. The molecule has 0 aliphatic heterocycles. The van der Waals surface area contributed by atoms with E-state index in [1.165, 1.54) is 14.2 Å². The van der Waals surface area contributed by atoms with E-state index in [1.54, 1.807) is 36.4 Å². The summed E-state index contributed by atoms with van der Waals surface area (Å²) in [5, 5.41) is 2.77. The topological polar surface area (TPSA) is 56.8 Å². The van der Waals surface area contributed by atoms with Gasteiger partial charge < -0.3 is 19.5 Å². The van der Waals surface area contributed by atoms with Gasteiger partial charge in [0.05, 0.1) is 20.8 Å². The zero-order valence-electron chi connectivity index (χ0n) is 15.2. The maximum absolute atomic E-state index is 12.4. The van der Waals surface area contributed by atoms with Crippen molar-refractivity contribution in [1.82, 2.24) is 5.32 Å². The van der Waals surface area contributed by atoms with Crippen LogP contribution in [0.1, 0.15) is 21.5 Å². The van der Waals surface area contributed by atoms with Crippen molar-refractivity contribution in [3.63, 3.8) is 0 Å². The van der Waals surface area contributed by atoms with Gasteiger partial charge in [0, 0.05) is 12.1 Å². The van der Waals surface area contributed by atoms with Crippen LogP contribution in [-0.4, -0.2) is 32.9 Å². The number of hydrogen-bond acceptors (Lipinski definition) is 4. The molecule has 2 rings (SSSR count). The van der Waals surface area contributed by atoms with Crippen LogP contribution >= 0.6 is 15.9 Å². The number of rotatable bonds is 8. The van der Waals surface area contributed by atoms with E-state index in [1.807, 2.05) is 0 Å². The minimum Gasteiger partial charge on any atom is -0.495 e. The molecule has 9 heteroatoms. The maximum Gasteiger partial charge on any atom is 0.411 e. The number of benzene rings is 2. The van der Waals surface area contributed by atoms with Gasteiger partial charge in [0.2, 0.25) is 0 Å². The Labute approximate surface area is 168 Å². The molecular weight excluding hydrogens is 443 g/mol. The number of ether oxygens (including phenoxy) is 3. The molecule has 5 nitrogen and oxygen atoms in total. The first-order valence-electron chi connectivity index (χ1n) is 8.15. The number of amides is 1. The predicted molar refractivity (Wildman–Crippen MR) is 101 cm³/mol. The maximum atomic E-state index is 12.4. The van der Waals surface area contributed by atoms with Gasteiger partial charge in [-0.3, -0.25) is 4.79 Å². The third-order valence-corrected chi connectivity index (χ3v) is 4.50. The van der Waals surface area contributed by atoms with E-state index in [2.05, 4.69) is 26.0 Å². The molecule has 0 radical (unpaired) electrons. The van der Waals surface area contributed by atoms with E-state index < -0.39 is 12.8 Å².